The molecule has 0 bridgehead atoms. The second-order valence-electron chi connectivity index (χ2n) is 11.2. The van der Waals surface area contributed by atoms with Crippen LogP contribution < -0.4 is 15.0 Å². The maximum absolute atomic E-state index is 13.2. The van der Waals surface area contributed by atoms with Crippen molar-refractivity contribution < 1.29 is 9.53 Å². The van der Waals surface area contributed by atoms with Gasteiger partial charge in [-0.3, -0.25) is 4.79 Å². The lowest BCUT2D eigenvalue weighted by molar-refractivity contribution is 0.102. The number of rotatable bonds is 4. The van der Waals surface area contributed by atoms with E-state index in [1.807, 2.05) is 65.6 Å². The molecular formula is C37H28N6O2S. The number of carbonyl (C=O) groups excluding carboxylic acids is 1. The molecule has 3 heterocycles. The molecule has 1 aliphatic rings. The van der Waals surface area contributed by atoms with Gasteiger partial charge in [-0.2, -0.15) is 0 Å². The zero-order valence-electron chi connectivity index (χ0n) is 24.8. The van der Waals surface area contributed by atoms with Crippen LogP contribution in [0.25, 0.3) is 43.6 Å². The normalized spacial score (nSPS) is 13.4. The van der Waals surface area contributed by atoms with E-state index in [1.54, 1.807) is 30.5 Å². The summed E-state index contributed by atoms with van der Waals surface area (Å²) in [5.74, 6) is 1.32. The molecule has 224 valence electrons. The summed E-state index contributed by atoms with van der Waals surface area (Å²) in [7, 11) is 0. The van der Waals surface area contributed by atoms with Crippen LogP contribution >= 0.6 is 12.2 Å². The number of amides is 1. The Bertz CT molecular complexity index is 2270. The minimum absolute atomic E-state index is 0.232. The molecule has 1 aliphatic heterocycles. The number of pyridine rings is 1. The van der Waals surface area contributed by atoms with Gasteiger partial charge in [-0.25, -0.2) is 15.0 Å². The van der Waals surface area contributed by atoms with E-state index in [2.05, 4.69) is 39.5 Å². The number of thiocarbonyl (C=S) groups is 1. The molecule has 0 unspecified atom stereocenters. The second kappa shape index (κ2) is 11.7. The maximum Gasteiger partial charge on any atom is 0.264 e. The molecule has 9 heteroatoms. The lowest BCUT2D eigenvalue weighted by Gasteiger charge is -2.36. The molecule has 1 amide bonds. The Morgan fingerprint density at radius 1 is 0.696 bits per heavy atom. The first-order valence-corrected chi connectivity index (χ1v) is 15.6. The predicted octanol–water partition coefficient (Wildman–Crippen LogP) is 7.22. The van der Waals surface area contributed by atoms with E-state index >= 15 is 0 Å². The van der Waals surface area contributed by atoms with Crippen LogP contribution in [0.1, 0.15) is 10.4 Å². The van der Waals surface area contributed by atoms with Gasteiger partial charge in [0, 0.05) is 54.4 Å². The number of ether oxygens (including phenoxy) is 1. The van der Waals surface area contributed by atoms with Crippen LogP contribution in [0.3, 0.4) is 0 Å². The summed E-state index contributed by atoms with van der Waals surface area (Å²) in [5, 5.41) is 7.83. The summed E-state index contributed by atoms with van der Waals surface area (Å²) in [6.07, 6.45) is 1.81. The van der Waals surface area contributed by atoms with Gasteiger partial charge < -0.3 is 19.9 Å². The highest BCUT2D eigenvalue weighted by Crippen LogP contribution is 2.34. The minimum Gasteiger partial charge on any atom is -0.432 e. The summed E-state index contributed by atoms with van der Waals surface area (Å²) in [6, 6.07) is 35.1. The van der Waals surface area contributed by atoms with E-state index in [1.165, 1.54) is 0 Å². The summed E-state index contributed by atoms with van der Waals surface area (Å²) in [5.41, 5.74) is 4.33. The summed E-state index contributed by atoms with van der Waals surface area (Å²) in [6.45, 7) is 3.11. The standard InChI is InChI=1S/C37H28N6O2S/c44-36(24-12-15-26(16-13-24)45-37(46)43-21-19-42(20-22-43)33-11-5-6-18-38-33)39-25-14-17-31-32(23-25)41-35-30-10-4-2-8-28(30)27-7-1-3-9-29(27)34(35)40-31/h1-18,23H,19-22H2,(H,39,44). The van der Waals surface area contributed by atoms with Crippen LogP contribution in [-0.2, 0) is 0 Å². The van der Waals surface area contributed by atoms with Crippen molar-refractivity contribution in [3.8, 4) is 5.75 Å². The van der Waals surface area contributed by atoms with Crippen LogP contribution in [0.5, 0.6) is 5.75 Å². The fraction of sp³-hybridized carbons (Fsp3) is 0.108. The van der Waals surface area contributed by atoms with E-state index in [0.29, 0.717) is 27.7 Å². The van der Waals surface area contributed by atoms with Crippen molar-refractivity contribution in [2.45, 2.75) is 0 Å². The molecule has 0 aliphatic carbocycles. The smallest absolute Gasteiger partial charge is 0.264 e. The van der Waals surface area contributed by atoms with Crippen molar-refractivity contribution in [3.05, 3.63) is 121 Å². The van der Waals surface area contributed by atoms with Crippen molar-refractivity contribution in [1.82, 2.24) is 19.9 Å². The van der Waals surface area contributed by atoms with Gasteiger partial charge in [-0.05, 0) is 77.6 Å². The van der Waals surface area contributed by atoms with Gasteiger partial charge in [-0.1, -0.05) is 54.6 Å². The number of carbonyl (C=O) groups is 1. The molecule has 1 N–H and O–H groups in total. The van der Waals surface area contributed by atoms with Gasteiger partial charge in [0.2, 0.25) is 0 Å². The van der Waals surface area contributed by atoms with E-state index in [-0.39, 0.29) is 5.91 Å². The highest BCUT2D eigenvalue weighted by Gasteiger charge is 2.21. The molecule has 1 fully saturated rings. The number of hydrogen-bond acceptors (Lipinski definition) is 7. The van der Waals surface area contributed by atoms with Crippen molar-refractivity contribution >= 4 is 78.4 Å². The average molecular weight is 621 g/mol. The van der Waals surface area contributed by atoms with Crippen molar-refractivity contribution in [2.24, 2.45) is 0 Å². The fourth-order valence-electron chi connectivity index (χ4n) is 6.06. The topological polar surface area (TPSA) is 83.5 Å². The van der Waals surface area contributed by atoms with Gasteiger partial charge in [0.15, 0.2) is 0 Å². The number of benzene rings is 5. The SMILES string of the molecule is O=C(Nc1ccc2nc3c4ccccc4c4ccccc4c3nc2c1)c1ccc(OC(=S)N2CCN(c3ccccn3)CC2)cc1. The Kier molecular flexibility index (Phi) is 7.07. The van der Waals surface area contributed by atoms with Gasteiger partial charge in [-0.15, -0.1) is 0 Å². The van der Waals surface area contributed by atoms with Crippen molar-refractivity contribution in [3.63, 3.8) is 0 Å². The highest BCUT2D eigenvalue weighted by molar-refractivity contribution is 7.80. The first-order chi connectivity index (χ1) is 22.6. The zero-order chi connectivity index (χ0) is 31.0. The number of nitrogens with one attached hydrogen (secondary N) is 1. The molecule has 2 aromatic heterocycles. The van der Waals surface area contributed by atoms with Crippen molar-refractivity contribution in [1.29, 1.82) is 0 Å². The Hall–Kier alpha value is -5.67. The second-order valence-corrected chi connectivity index (χ2v) is 11.6. The summed E-state index contributed by atoms with van der Waals surface area (Å²) < 4.78 is 5.96. The molecule has 46 heavy (non-hydrogen) atoms. The van der Waals surface area contributed by atoms with Gasteiger partial charge in [0.1, 0.15) is 11.6 Å². The van der Waals surface area contributed by atoms with Crippen LogP contribution in [-0.4, -0.2) is 57.1 Å². The molecule has 7 aromatic rings. The van der Waals surface area contributed by atoms with Gasteiger partial charge >= 0.3 is 0 Å². The number of hydrogen-bond donors (Lipinski definition) is 1. The number of piperazine rings is 1. The summed E-state index contributed by atoms with van der Waals surface area (Å²) >= 11 is 5.58. The Morgan fingerprint density at radius 3 is 1.98 bits per heavy atom. The Morgan fingerprint density at radius 2 is 1.33 bits per heavy atom. The number of anilines is 2. The fourth-order valence-corrected chi connectivity index (χ4v) is 6.34. The largest absolute Gasteiger partial charge is 0.432 e. The Labute approximate surface area is 270 Å². The third-order valence-electron chi connectivity index (χ3n) is 8.41. The maximum atomic E-state index is 13.2. The lowest BCUT2D eigenvalue weighted by Crippen LogP contribution is -2.49. The molecular weight excluding hydrogens is 593 g/mol. The van der Waals surface area contributed by atoms with E-state index in [4.69, 9.17) is 26.9 Å². The van der Waals surface area contributed by atoms with E-state index in [0.717, 1.165) is 70.1 Å². The first kappa shape index (κ1) is 27.8. The monoisotopic (exact) mass is 620 g/mol. The number of fused-ring (bicyclic) bond motifs is 7. The zero-order valence-corrected chi connectivity index (χ0v) is 25.6. The third-order valence-corrected chi connectivity index (χ3v) is 8.75. The first-order valence-electron chi connectivity index (χ1n) is 15.2. The van der Waals surface area contributed by atoms with Crippen LogP contribution in [0, 0.1) is 0 Å². The molecule has 5 aromatic carbocycles. The molecule has 0 atom stereocenters. The van der Waals surface area contributed by atoms with Gasteiger partial charge in [0.05, 0.1) is 22.1 Å². The third kappa shape index (κ3) is 5.20. The molecule has 0 saturated carbocycles. The summed E-state index contributed by atoms with van der Waals surface area (Å²) in [4.78, 5) is 32.0. The van der Waals surface area contributed by atoms with Crippen molar-refractivity contribution in [2.75, 3.05) is 36.4 Å². The molecule has 0 spiro atoms. The minimum atomic E-state index is -0.232. The van der Waals surface area contributed by atoms with E-state index in [9.17, 15) is 4.79 Å². The Balaban J connectivity index is 0.967. The van der Waals surface area contributed by atoms with Gasteiger partial charge in [0.25, 0.3) is 11.1 Å². The number of nitrogens with zero attached hydrogens (tertiary/aromatic N) is 5. The predicted molar refractivity (Wildman–Crippen MR) is 188 cm³/mol. The van der Waals surface area contributed by atoms with Crippen LogP contribution in [0.2, 0.25) is 0 Å². The number of aromatic nitrogens is 3. The molecule has 1 saturated heterocycles. The van der Waals surface area contributed by atoms with Crippen LogP contribution in [0.4, 0.5) is 11.5 Å². The molecule has 8 nitrogen and oxygen atoms in total. The highest BCUT2D eigenvalue weighted by atomic mass is 32.1. The lowest BCUT2D eigenvalue weighted by atomic mass is 9.99. The quantitative estimate of drug-likeness (QED) is 0.125. The average Bonchev–Trinajstić information content (AvgIpc) is 3.12. The molecule has 8 rings (SSSR count). The molecule has 0 radical (unpaired) electrons. The van der Waals surface area contributed by atoms with Crippen LogP contribution in [0.15, 0.2) is 115 Å². The van der Waals surface area contributed by atoms with E-state index < -0.39 is 0 Å².